The molecule has 5 rings (SSSR count). The smallest absolute Gasteiger partial charge is 0.254 e. The van der Waals surface area contributed by atoms with Gasteiger partial charge < -0.3 is 16.4 Å². The van der Waals surface area contributed by atoms with E-state index in [0.717, 1.165) is 24.2 Å². The Labute approximate surface area is 221 Å². The van der Waals surface area contributed by atoms with Crippen LogP contribution in [-0.4, -0.2) is 53.3 Å². The van der Waals surface area contributed by atoms with Gasteiger partial charge in [0.15, 0.2) is 0 Å². The monoisotopic (exact) mass is 522 g/mol. The number of anilines is 2. The van der Waals surface area contributed by atoms with Crippen LogP contribution in [0.3, 0.4) is 0 Å². The van der Waals surface area contributed by atoms with Crippen molar-refractivity contribution in [3.05, 3.63) is 76.6 Å². The molecule has 194 valence electrons. The van der Waals surface area contributed by atoms with E-state index in [0.29, 0.717) is 30.2 Å². The lowest BCUT2D eigenvalue weighted by Gasteiger charge is -2.28. The van der Waals surface area contributed by atoms with Gasteiger partial charge in [0.2, 0.25) is 0 Å². The standard InChI is InChI=1S/C28H32ClFN6O/c29-21-18-19(10-11-22(21)30)26-25(27(31)37)28-33-14-12-24(36(28)34-26)20-8-2-3-9-23(20)32-13-4-7-17-35-15-5-1-6-16-35/h2-4,7-11,18,24,32-33H,1,5-6,12-17H2,(H2,31,37). The molecule has 7 nitrogen and oxygen atoms in total. The van der Waals surface area contributed by atoms with Crippen molar-refractivity contribution < 1.29 is 9.18 Å². The zero-order valence-electron chi connectivity index (χ0n) is 20.7. The van der Waals surface area contributed by atoms with E-state index in [2.05, 4.69) is 39.8 Å². The molecule has 3 heterocycles. The molecule has 1 amide bonds. The number of hydrogen-bond donors (Lipinski definition) is 3. The SMILES string of the molecule is NC(=O)c1c(-c2ccc(F)c(Cl)c2)nn2c1NCCC2c1ccccc1NCC=CCN1CCCCC1. The molecular formula is C28H32ClFN6O. The molecule has 37 heavy (non-hydrogen) atoms. The summed E-state index contributed by atoms with van der Waals surface area (Å²) in [5.41, 5.74) is 9.08. The van der Waals surface area contributed by atoms with E-state index in [1.807, 2.05) is 16.8 Å². The molecular weight excluding hydrogens is 491 g/mol. The number of likely N-dealkylation sites (tertiary alicyclic amines) is 1. The minimum Gasteiger partial charge on any atom is -0.381 e. The number of rotatable bonds is 8. The number of amides is 1. The molecule has 1 aromatic heterocycles. The molecule has 0 spiro atoms. The van der Waals surface area contributed by atoms with E-state index in [-0.39, 0.29) is 16.6 Å². The molecule has 1 fully saturated rings. The van der Waals surface area contributed by atoms with Gasteiger partial charge in [0.1, 0.15) is 22.9 Å². The third kappa shape index (κ3) is 5.50. The fourth-order valence-electron chi connectivity index (χ4n) is 5.21. The predicted octanol–water partition coefficient (Wildman–Crippen LogP) is 5.30. The summed E-state index contributed by atoms with van der Waals surface area (Å²) in [5.74, 6) is -0.568. The van der Waals surface area contributed by atoms with E-state index in [9.17, 15) is 9.18 Å². The average molecular weight is 523 g/mol. The number of fused-ring (bicyclic) bond motifs is 1. The third-order valence-electron chi connectivity index (χ3n) is 7.06. The van der Waals surface area contributed by atoms with Crippen molar-refractivity contribution in [2.24, 2.45) is 5.73 Å². The van der Waals surface area contributed by atoms with Gasteiger partial charge in [-0.25, -0.2) is 9.07 Å². The largest absolute Gasteiger partial charge is 0.381 e. The van der Waals surface area contributed by atoms with Gasteiger partial charge in [-0.1, -0.05) is 48.4 Å². The number of piperidine rings is 1. The average Bonchev–Trinajstić information content (AvgIpc) is 3.31. The zero-order valence-corrected chi connectivity index (χ0v) is 21.5. The van der Waals surface area contributed by atoms with E-state index >= 15 is 0 Å². The minimum absolute atomic E-state index is 0.0358. The maximum atomic E-state index is 13.8. The first-order valence-corrected chi connectivity index (χ1v) is 13.2. The lowest BCUT2D eigenvalue weighted by molar-refractivity contribution is 0.100. The van der Waals surface area contributed by atoms with Crippen LogP contribution in [0.2, 0.25) is 5.02 Å². The Hall–Kier alpha value is -3.36. The van der Waals surface area contributed by atoms with Crippen LogP contribution in [0.4, 0.5) is 15.9 Å². The van der Waals surface area contributed by atoms with Crippen molar-refractivity contribution in [1.82, 2.24) is 14.7 Å². The number of primary amides is 1. The summed E-state index contributed by atoms with van der Waals surface area (Å²) in [4.78, 5) is 15.0. The molecule has 0 aliphatic carbocycles. The topological polar surface area (TPSA) is 88.2 Å². The summed E-state index contributed by atoms with van der Waals surface area (Å²) >= 11 is 6.02. The van der Waals surface area contributed by atoms with Gasteiger partial charge in [-0.2, -0.15) is 5.10 Å². The van der Waals surface area contributed by atoms with Crippen molar-refractivity contribution >= 4 is 29.0 Å². The molecule has 0 bridgehead atoms. The molecule has 2 aliphatic rings. The van der Waals surface area contributed by atoms with Crippen LogP contribution in [0.1, 0.15) is 47.6 Å². The maximum Gasteiger partial charge on any atom is 0.254 e. The summed E-state index contributed by atoms with van der Waals surface area (Å²) in [6.45, 7) is 4.72. The summed E-state index contributed by atoms with van der Waals surface area (Å²) in [6, 6.07) is 12.3. The maximum absolute atomic E-state index is 13.8. The van der Waals surface area contributed by atoms with Gasteiger partial charge in [-0.3, -0.25) is 9.69 Å². The highest BCUT2D eigenvalue weighted by molar-refractivity contribution is 6.31. The molecule has 0 radical (unpaired) electrons. The summed E-state index contributed by atoms with van der Waals surface area (Å²) in [7, 11) is 0. The van der Waals surface area contributed by atoms with E-state index in [4.69, 9.17) is 22.4 Å². The van der Waals surface area contributed by atoms with E-state index in [1.54, 1.807) is 6.07 Å². The fraction of sp³-hybridized carbons (Fsp3) is 0.357. The van der Waals surface area contributed by atoms with Crippen LogP contribution in [0, 0.1) is 5.82 Å². The Morgan fingerprint density at radius 1 is 1.19 bits per heavy atom. The lowest BCUT2D eigenvalue weighted by Crippen LogP contribution is -2.29. The molecule has 1 saturated heterocycles. The quantitative estimate of drug-likeness (QED) is 0.349. The van der Waals surface area contributed by atoms with Crippen LogP contribution in [0.5, 0.6) is 0 Å². The van der Waals surface area contributed by atoms with Gasteiger partial charge in [0, 0.05) is 30.9 Å². The second kappa shape index (κ2) is 11.4. The number of hydrogen-bond acceptors (Lipinski definition) is 5. The molecule has 2 aromatic carbocycles. The number of benzene rings is 2. The molecule has 1 atom stereocenters. The van der Waals surface area contributed by atoms with Crippen LogP contribution in [0.25, 0.3) is 11.3 Å². The highest BCUT2D eigenvalue weighted by Gasteiger charge is 2.31. The van der Waals surface area contributed by atoms with Gasteiger partial charge in [-0.05, 0) is 62.2 Å². The van der Waals surface area contributed by atoms with Crippen molar-refractivity contribution in [2.45, 2.75) is 31.7 Å². The van der Waals surface area contributed by atoms with Crippen molar-refractivity contribution in [1.29, 1.82) is 0 Å². The van der Waals surface area contributed by atoms with Crippen molar-refractivity contribution in [3.63, 3.8) is 0 Å². The zero-order chi connectivity index (χ0) is 25.8. The fourth-order valence-corrected chi connectivity index (χ4v) is 5.39. The molecule has 0 saturated carbocycles. The molecule has 4 N–H and O–H groups in total. The molecule has 9 heteroatoms. The van der Waals surface area contributed by atoms with E-state index < -0.39 is 11.7 Å². The first-order valence-electron chi connectivity index (χ1n) is 12.8. The number of para-hydroxylation sites is 1. The summed E-state index contributed by atoms with van der Waals surface area (Å²) < 4.78 is 15.6. The van der Waals surface area contributed by atoms with Gasteiger partial charge >= 0.3 is 0 Å². The normalized spacial score (nSPS) is 17.9. The first-order chi connectivity index (χ1) is 18.0. The number of carbonyl (C=O) groups is 1. The van der Waals surface area contributed by atoms with Crippen LogP contribution < -0.4 is 16.4 Å². The molecule has 3 aromatic rings. The third-order valence-corrected chi connectivity index (χ3v) is 7.35. The second-order valence-electron chi connectivity index (χ2n) is 9.54. The summed E-state index contributed by atoms with van der Waals surface area (Å²) in [6.07, 6.45) is 9.11. The van der Waals surface area contributed by atoms with Gasteiger partial charge in [0.25, 0.3) is 5.91 Å². The first kappa shape index (κ1) is 25.3. The Balaban J connectivity index is 1.40. The van der Waals surface area contributed by atoms with Gasteiger partial charge in [-0.15, -0.1) is 0 Å². The van der Waals surface area contributed by atoms with Gasteiger partial charge in [0.05, 0.1) is 11.1 Å². The van der Waals surface area contributed by atoms with Crippen LogP contribution >= 0.6 is 11.6 Å². The van der Waals surface area contributed by atoms with Crippen LogP contribution in [-0.2, 0) is 0 Å². The number of carbonyl (C=O) groups excluding carboxylic acids is 1. The minimum atomic E-state index is -0.602. The second-order valence-corrected chi connectivity index (χ2v) is 9.95. The van der Waals surface area contributed by atoms with Crippen molar-refractivity contribution in [2.75, 3.05) is 43.4 Å². The van der Waals surface area contributed by atoms with Crippen molar-refractivity contribution in [3.8, 4) is 11.3 Å². The number of halogens is 2. The highest BCUT2D eigenvalue weighted by Crippen LogP contribution is 2.39. The molecule has 2 aliphatic heterocycles. The highest BCUT2D eigenvalue weighted by atomic mass is 35.5. The Morgan fingerprint density at radius 3 is 2.78 bits per heavy atom. The number of nitrogens with zero attached hydrogens (tertiary/aromatic N) is 3. The number of aromatic nitrogens is 2. The number of nitrogens with two attached hydrogens (primary N) is 1. The lowest BCUT2D eigenvalue weighted by atomic mass is 9.99. The molecule has 1 unspecified atom stereocenters. The van der Waals surface area contributed by atoms with E-state index in [1.165, 1.54) is 44.5 Å². The number of nitrogens with one attached hydrogen (secondary N) is 2. The summed E-state index contributed by atoms with van der Waals surface area (Å²) in [5, 5.41) is 11.6. The predicted molar refractivity (Wildman–Crippen MR) is 147 cm³/mol. The Morgan fingerprint density at radius 2 is 2.00 bits per heavy atom. The Bertz CT molecular complexity index is 1300. The van der Waals surface area contributed by atoms with Crippen LogP contribution in [0.15, 0.2) is 54.6 Å². The Kier molecular flexibility index (Phi) is 7.76.